The van der Waals surface area contributed by atoms with E-state index in [4.69, 9.17) is 4.74 Å². The van der Waals surface area contributed by atoms with Gasteiger partial charge in [-0.05, 0) is 31.9 Å². The van der Waals surface area contributed by atoms with Gasteiger partial charge in [0.25, 0.3) is 0 Å². The van der Waals surface area contributed by atoms with Crippen molar-refractivity contribution < 1.29 is 9.53 Å². The Morgan fingerprint density at radius 3 is 3.25 bits per heavy atom. The number of aryl methyl sites for hydroxylation is 1. The van der Waals surface area contributed by atoms with Crippen LogP contribution in [0.15, 0.2) is 24.5 Å². The minimum atomic E-state index is -0.203. The second kappa shape index (κ2) is 5.58. The Morgan fingerprint density at radius 1 is 1.60 bits per heavy atom. The molecule has 1 aliphatic carbocycles. The van der Waals surface area contributed by atoms with E-state index in [2.05, 4.69) is 15.3 Å². The first-order chi connectivity index (χ1) is 9.78. The summed E-state index contributed by atoms with van der Waals surface area (Å²) in [6, 6.07) is 3.80. The molecule has 2 heterocycles. The second-order valence-electron chi connectivity index (χ2n) is 4.54. The first-order valence-corrected chi connectivity index (χ1v) is 7.43. The van der Waals surface area contributed by atoms with Crippen molar-refractivity contribution in [3.05, 3.63) is 35.1 Å². The topological polar surface area (TPSA) is 64.1 Å². The fourth-order valence-corrected chi connectivity index (χ4v) is 3.37. The lowest BCUT2D eigenvalue weighted by molar-refractivity contribution is -0.145. The van der Waals surface area contributed by atoms with E-state index in [1.54, 1.807) is 23.7 Å². The second-order valence-corrected chi connectivity index (χ2v) is 5.62. The van der Waals surface area contributed by atoms with Crippen molar-refractivity contribution in [2.45, 2.75) is 25.7 Å². The van der Waals surface area contributed by atoms with Crippen molar-refractivity contribution in [1.82, 2.24) is 9.97 Å². The Kier molecular flexibility index (Phi) is 3.64. The molecule has 20 heavy (non-hydrogen) atoms. The summed E-state index contributed by atoms with van der Waals surface area (Å²) in [5.41, 5.74) is 1.77. The van der Waals surface area contributed by atoms with Crippen LogP contribution in [-0.2, 0) is 16.0 Å². The van der Waals surface area contributed by atoms with E-state index in [1.807, 2.05) is 19.1 Å². The number of aromatic nitrogens is 2. The van der Waals surface area contributed by atoms with Crippen molar-refractivity contribution in [2.75, 3.05) is 11.9 Å². The first kappa shape index (κ1) is 13.1. The maximum absolute atomic E-state index is 11.9. The molecule has 1 aliphatic rings. The summed E-state index contributed by atoms with van der Waals surface area (Å²) in [5, 5.41) is 4.02. The van der Waals surface area contributed by atoms with E-state index in [1.165, 1.54) is 4.88 Å². The van der Waals surface area contributed by atoms with Crippen LogP contribution in [0, 0.1) is 0 Å². The van der Waals surface area contributed by atoms with E-state index in [9.17, 15) is 4.79 Å². The lowest BCUT2D eigenvalue weighted by Crippen LogP contribution is -2.14. The maximum Gasteiger partial charge on any atom is 0.315 e. The molecule has 0 saturated carbocycles. The van der Waals surface area contributed by atoms with E-state index >= 15 is 0 Å². The number of anilines is 2. The highest BCUT2D eigenvalue weighted by Crippen LogP contribution is 2.39. The average molecular weight is 289 g/mol. The fraction of sp³-hybridized carbons (Fsp3) is 0.357. The number of rotatable bonds is 4. The average Bonchev–Trinajstić information content (AvgIpc) is 2.99. The SMILES string of the molecule is CCOC(=O)C1CCc2sc(Nc3cccnc3)nc21. The highest BCUT2D eigenvalue weighted by molar-refractivity contribution is 7.15. The van der Waals surface area contributed by atoms with Gasteiger partial charge in [-0.25, -0.2) is 4.98 Å². The minimum absolute atomic E-state index is 0.163. The summed E-state index contributed by atoms with van der Waals surface area (Å²) in [4.78, 5) is 21.7. The van der Waals surface area contributed by atoms with Crippen LogP contribution in [0.2, 0.25) is 0 Å². The van der Waals surface area contributed by atoms with Gasteiger partial charge in [0, 0.05) is 11.1 Å². The number of hydrogen-bond donors (Lipinski definition) is 1. The Balaban J connectivity index is 1.78. The van der Waals surface area contributed by atoms with Crippen LogP contribution < -0.4 is 5.32 Å². The van der Waals surface area contributed by atoms with E-state index in [-0.39, 0.29) is 11.9 Å². The van der Waals surface area contributed by atoms with Crippen molar-refractivity contribution in [2.24, 2.45) is 0 Å². The molecule has 5 nitrogen and oxygen atoms in total. The molecule has 2 aromatic rings. The molecular weight excluding hydrogens is 274 g/mol. The normalized spacial score (nSPS) is 16.8. The van der Waals surface area contributed by atoms with Gasteiger partial charge in [-0.3, -0.25) is 9.78 Å². The summed E-state index contributed by atoms with van der Waals surface area (Å²) in [6.45, 7) is 2.24. The zero-order valence-electron chi connectivity index (χ0n) is 11.1. The molecule has 0 saturated heterocycles. The maximum atomic E-state index is 11.9. The fourth-order valence-electron chi connectivity index (χ4n) is 2.31. The number of esters is 1. The van der Waals surface area contributed by atoms with Crippen molar-refractivity contribution >= 4 is 28.1 Å². The zero-order chi connectivity index (χ0) is 13.9. The molecule has 104 valence electrons. The molecule has 0 aliphatic heterocycles. The van der Waals surface area contributed by atoms with Gasteiger partial charge < -0.3 is 10.1 Å². The quantitative estimate of drug-likeness (QED) is 0.877. The highest BCUT2D eigenvalue weighted by Gasteiger charge is 2.33. The predicted molar refractivity (Wildman–Crippen MR) is 77.3 cm³/mol. The Bertz CT molecular complexity index is 612. The van der Waals surface area contributed by atoms with E-state index in [0.29, 0.717) is 6.61 Å². The Hall–Kier alpha value is -1.95. The third-order valence-corrected chi connectivity index (χ3v) is 4.25. The summed E-state index contributed by atoms with van der Waals surface area (Å²) < 4.78 is 5.11. The van der Waals surface area contributed by atoms with Gasteiger partial charge in [0.15, 0.2) is 5.13 Å². The molecule has 0 bridgehead atoms. The molecule has 0 spiro atoms. The number of nitrogens with one attached hydrogen (secondary N) is 1. The molecule has 1 atom stereocenters. The Morgan fingerprint density at radius 2 is 2.50 bits per heavy atom. The molecule has 2 aromatic heterocycles. The first-order valence-electron chi connectivity index (χ1n) is 6.61. The van der Waals surface area contributed by atoms with Crippen LogP contribution in [0.25, 0.3) is 0 Å². The number of carbonyl (C=O) groups excluding carboxylic acids is 1. The zero-order valence-corrected chi connectivity index (χ0v) is 11.9. The van der Waals surface area contributed by atoms with Gasteiger partial charge in [-0.2, -0.15) is 0 Å². The molecule has 6 heteroatoms. The number of thiazole rings is 1. The molecule has 3 rings (SSSR count). The number of pyridine rings is 1. The smallest absolute Gasteiger partial charge is 0.315 e. The summed E-state index contributed by atoms with van der Waals surface area (Å²) >= 11 is 1.60. The molecule has 0 fully saturated rings. The van der Waals surface area contributed by atoms with E-state index in [0.717, 1.165) is 29.4 Å². The molecule has 0 amide bonds. The number of hydrogen-bond acceptors (Lipinski definition) is 6. The van der Waals surface area contributed by atoms with Crippen LogP contribution in [0.3, 0.4) is 0 Å². The van der Waals surface area contributed by atoms with Crippen LogP contribution in [0.4, 0.5) is 10.8 Å². The van der Waals surface area contributed by atoms with Crippen molar-refractivity contribution in [3.8, 4) is 0 Å². The number of nitrogens with zero attached hydrogens (tertiary/aromatic N) is 2. The van der Waals surface area contributed by atoms with E-state index < -0.39 is 0 Å². The van der Waals surface area contributed by atoms with Gasteiger partial charge in [-0.15, -0.1) is 11.3 Å². The van der Waals surface area contributed by atoms with Gasteiger partial charge in [0.1, 0.15) is 5.92 Å². The number of fused-ring (bicyclic) bond motifs is 1. The summed E-state index contributed by atoms with van der Waals surface area (Å²) in [7, 11) is 0. The molecule has 1 N–H and O–H groups in total. The highest BCUT2D eigenvalue weighted by atomic mass is 32.1. The minimum Gasteiger partial charge on any atom is -0.465 e. The third-order valence-electron chi connectivity index (χ3n) is 3.20. The van der Waals surface area contributed by atoms with Crippen molar-refractivity contribution in [1.29, 1.82) is 0 Å². The van der Waals surface area contributed by atoms with Crippen LogP contribution in [0.5, 0.6) is 0 Å². The van der Waals surface area contributed by atoms with Crippen molar-refractivity contribution in [3.63, 3.8) is 0 Å². The molecule has 0 radical (unpaired) electrons. The van der Waals surface area contributed by atoms with Gasteiger partial charge in [0.2, 0.25) is 0 Å². The largest absolute Gasteiger partial charge is 0.465 e. The summed E-state index contributed by atoms with van der Waals surface area (Å²) in [5.74, 6) is -0.366. The molecule has 1 unspecified atom stereocenters. The van der Waals surface area contributed by atoms with Gasteiger partial charge in [0.05, 0.1) is 24.2 Å². The monoisotopic (exact) mass is 289 g/mol. The summed E-state index contributed by atoms with van der Waals surface area (Å²) in [6.07, 6.45) is 5.17. The van der Waals surface area contributed by atoms with Gasteiger partial charge >= 0.3 is 5.97 Å². The van der Waals surface area contributed by atoms with Crippen LogP contribution >= 0.6 is 11.3 Å². The van der Waals surface area contributed by atoms with Crippen LogP contribution in [0.1, 0.15) is 29.8 Å². The molecule has 0 aromatic carbocycles. The van der Waals surface area contributed by atoms with Gasteiger partial charge in [-0.1, -0.05) is 0 Å². The number of ether oxygens (including phenoxy) is 1. The lowest BCUT2D eigenvalue weighted by atomic mass is 10.1. The third kappa shape index (κ3) is 2.51. The predicted octanol–water partition coefficient (Wildman–Crippen LogP) is 2.87. The standard InChI is InChI=1S/C14H15N3O2S/c1-2-19-13(18)10-5-6-11-12(10)17-14(20-11)16-9-4-3-7-15-8-9/h3-4,7-8,10H,2,5-6H2,1H3,(H,16,17). The Labute approximate surface area is 121 Å². The van der Waals surface area contributed by atoms with Crippen LogP contribution in [-0.4, -0.2) is 22.5 Å². The number of carbonyl (C=O) groups is 1. The lowest BCUT2D eigenvalue weighted by Gasteiger charge is -2.08. The molecular formula is C14H15N3O2S.